The van der Waals surface area contributed by atoms with Crippen molar-refractivity contribution in [2.45, 2.75) is 45.8 Å². The molecule has 6 heteroatoms. The van der Waals surface area contributed by atoms with E-state index in [0.717, 1.165) is 5.69 Å². The van der Waals surface area contributed by atoms with E-state index < -0.39 is 23.6 Å². The summed E-state index contributed by atoms with van der Waals surface area (Å²) in [5.74, 6) is -0.418. The first-order chi connectivity index (χ1) is 10.7. The molecule has 1 aromatic carbocycles. The van der Waals surface area contributed by atoms with Gasteiger partial charge in [-0.25, -0.2) is 4.79 Å². The number of hydrogen-bond donors (Lipinski definition) is 3. The molecule has 0 aliphatic carbocycles. The fourth-order valence-electron chi connectivity index (χ4n) is 1.99. The summed E-state index contributed by atoms with van der Waals surface area (Å²) in [5.41, 5.74) is 0.411. The zero-order chi connectivity index (χ0) is 17.5. The molecule has 3 N–H and O–H groups in total. The van der Waals surface area contributed by atoms with Gasteiger partial charge in [-0.3, -0.25) is 10.1 Å². The Labute approximate surface area is 137 Å². The molecular weight excluding hydrogens is 294 g/mol. The predicted molar refractivity (Wildman–Crippen MR) is 91.4 cm³/mol. The summed E-state index contributed by atoms with van der Waals surface area (Å²) < 4.78 is 0. The van der Waals surface area contributed by atoms with Gasteiger partial charge in [-0.2, -0.15) is 0 Å². The van der Waals surface area contributed by atoms with E-state index in [1.54, 1.807) is 4.90 Å². The number of aliphatic hydroxyl groups is 1. The number of nitrogens with one attached hydrogen (secondary N) is 2. The molecule has 128 valence electrons. The van der Waals surface area contributed by atoms with Gasteiger partial charge in [-0.05, 0) is 39.3 Å². The molecule has 0 spiro atoms. The van der Waals surface area contributed by atoms with Gasteiger partial charge in [0.1, 0.15) is 0 Å². The number of rotatable bonds is 6. The number of para-hydroxylation sites is 1. The van der Waals surface area contributed by atoms with E-state index in [-0.39, 0.29) is 6.54 Å². The van der Waals surface area contributed by atoms with Crippen LogP contribution in [0.4, 0.5) is 10.5 Å². The van der Waals surface area contributed by atoms with Gasteiger partial charge in [-0.15, -0.1) is 0 Å². The maximum absolute atomic E-state index is 12.1. The quantitative estimate of drug-likeness (QED) is 0.747. The number of carbonyl (C=O) groups excluding carboxylic acids is 2. The highest BCUT2D eigenvalue weighted by Gasteiger charge is 2.19. The lowest BCUT2D eigenvalue weighted by atomic mass is 10.1. The zero-order valence-electron chi connectivity index (χ0n) is 14.3. The van der Waals surface area contributed by atoms with Crippen LogP contribution in [-0.2, 0) is 4.79 Å². The number of hydrogen-bond acceptors (Lipinski definition) is 4. The Morgan fingerprint density at radius 1 is 1.22 bits per heavy atom. The van der Waals surface area contributed by atoms with Gasteiger partial charge in [0.15, 0.2) is 0 Å². The van der Waals surface area contributed by atoms with Crippen molar-refractivity contribution in [2.75, 3.05) is 18.0 Å². The van der Waals surface area contributed by atoms with Crippen LogP contribution in [0.3, 0.4) is 0 Å². The monoisotopic (exact) mass is 321 g/mol. The van der Waals surface area contributed by atoms with Crippen molar-refractivity contribution >= 4 is 17.6 Å². The first-order valence-corrected chi connectivity index (χ1v) is 7.81. The second kappa shape index (κ2) is 8.53. The topological polar surface area (TPSA) is 81.7 Å². The summed E-state index contributed by atoms with van der Waals surface area (Å²) in [6.45, 7) is 7.72. The number of amides is 3. The SMILES string of the molecule is CC[C@@H](O)CN(CC(=O)NC(=O)NC(C)(C)C)c1ccccc1. The average molecular weight is 321 g/mol. The minimum Gasteiger partial charge on any atom is -0.391 e. The van der Waals surface area contributed by atoms with Gasteiger partial charge in [0.05, 0.1) is 12.6 Å². The molecule has 0 heterocycles. The maximum Gasteiger partial charge on any atom is 0.321 e. The molecule has 0 saturated heterocycles. The Bertz CT molecular complexity index is 512. The predicted octanol–water partition coefficient (Wildman–Crippen LogP) is 1.89. The number of carbonyl (C=O) groups is 2. The Balaban J connectivity index is 2.69. The average Bonchev–Trinajstić information content (AvgIpc) is 2.45. The lowest BCUT2D eigenvalue weighted by Gasteiger charge is -2.27. The summed E-state index contributed by atoms with van der Waals surface area (Å²) in [7, 11) is 0. The summed E-state index contributed by atoms with van der Waals surface area (Å²) in [6, 6.07) is 8.83. The normalized spacial score (nSPS) is 12.4. The van der Waals surface area contributed by atoms with E-state index >= 15 is 0 Å². The van der Waals surface area contributed by atoms with Crippen LogP contribution in [0.2, 0.25) is 0 Å². The van der Waals surface area contributed by atoms with Gasteiger partial charge in [0, 0.05) is 17.8 Å². The van der Waals surface area contributed by atoms with Crippen LogP contribution < -0.4 is 15.5 Å². The smallest absolute Gasteiger partial charge is 0.321 e. The molecule has 23 heavy (non-hydrogen) atoms. The van der Waals surface area contributed by atoms with E-state index in [1.807, 2.05) is 58.0 Å². The third-order valence-corrected chi connectivity index (χ3v) is 3.10. The van der Waals surface area contributed by atoms with Crippen molar-refractivity contribution in [1.82, 2.24) is 10.6 Å². The second-order valence-electron chi connectivity index (χ2n) is 6.53. The highest BCUT2D eigenvalue weighted by atomic mass is 16.3. The molecule has 1 aromatic rings. The summed E-state index contributed by atoms with van der Waals surface area (Å²) >= 11 is 0. The minimum atomic E-state index is -0.536. The molecule has 0 aliphatic heterocycles. The molecule has 0 unspecified atom stereocenters. The fourth-order valence-corrected chi connectivity index (χ4v) is 1.99. The Morgan fingerprint density at radius 2 is 1.83 bits per heavy atom. The molecule has 0 bridgehead atoms. The van der Waals surface area contributed by atoms with Crippen molar-refractivity contribution in [3.05, 3.63) is 30.3 Å². The highest BCUT2D eigenvalue weighted by molar-refractivity contribution is 5.96. The van der Waals surface area contributed by atoms with E-state index in [9.17, 15) is 14.7 Å². The standard InChI is InChI=1S/C17H27N3O3/c1-5-14(21)11-20(13-9-7-6-8-10-13)12-15(22)18-16(23)19-17(2,3)4/h6-10,14,21H,5,11-12H2,1-4H3,(H2,18,19,22,23)/t14-/m1/s1. The van der Waals surface area contributed by atoms with Gasteiger partial charge < -0.3 is 15.3 Å². The molecule has 0 radical (unpaired) electrons. The van der Waals surface area contributed by atoms with E-state index in [1.165, 1.54) is 0 Å². The fraction of sp³-hybridized carbons (Fsp3) is 0.529. The van der Waals surface area contributed by atoms with Crippen LogP contribution in [0.5, 0.6) is 0 Å². The van der Waals surface area contributed by atoms with Crippen molar-refractivity contribution in [1.29, 1.82) is 0 Å². The van der Waals surface area contributed by atoms with Crippen LogP contribution in [-0.4, -0.2) is 41.8 Å². The number of imide groups is 1. The van der Waals surface area contributed by atoms with Crippen molar-refractivity contribution in [3.8, 4) is 0 Å². The molecular formula is C17H27N3O3. The summed E-state index contributed by atoms with van der Waals surface area (Å²) in [6.07, 6.45) is 0.0570. The maximum atomic E-state index is 12.1. The van der Waals surface area contributed by atoms with E-state index in [2.05, 4.69) is 10.6 Å². The molecule has 1 rings (SSSR count). The largest absolute Gasteiger partial charge is 0.391 e. The number of benzene rings is 1. The van der Waals surface area contributed by atoms with Crippen molar-refractivity contribution in [2.24, 2.45) is 0 Å². The molecule has 0 fully saturated rings. The number of nitrogens with zero attached hydrogens (tertiary/aromatic N) is 1. The van der Waals surface area contributed by atoms with Crippen LogP contribution in [0.15, 0.2) is 30.3 Å². The molecule has 0 saturated carbocycles. The minimum absolute atomic E-state index is 0.00135. The molecule has 0 aliphatic rings. The molecule has 6 nitrogen and oxygen atoms in total. The molecule has 3 amide bonds. The first-order valence-electron chi connectivity index (χ1n) is 7.81. The van der Waals surface area contributed by atoms with Gasteiger partial charge >= 0.3 is 6.03 Å². The Kier molecular flexibility index (Phi) is 7.03. The van der Waals surface area contributed by atoms with Gasteiger partial charge in [0.2, 0.25) is 5.91 Å². The molecule has 0 aromatic heterocycles. The number of aliphatic hydroxyl groups excluding tert-OH is 1. The lowest BCUT2D eigenvalue weighted by molar-refractivity contribution is -0.118. The third kappa shape index (κ3) is 7.65. The number of anilines is 1. The van der Waals surface area contributed by atoms with Crippen LogP contribution in [0, 0.1) is 0 Å². The van der Waals surface area contributed by atoms with Crippen molar-refractivity contribution in [3.63, 3.8) is 0 Å². The third-order valence-electron chi connectivity index (χ3n) is 3.10. The van der Waals surface area contributed by atoms with E-state index in [4.69, 9.17) is 0 Å². The van der Waals surface area contributed by atoms with Gasteiger partial charge in [0.25, 0.3) is 0 Å². The summed E-state index contributed by atoms with van der Waals surface area (Å²) in [4.78, 5) is 25.6. The Hall–Kier alpha value is -2.08. The Morgan fingerprint density at radius 3 is 2.35 bits per heavy atom. The summed E-state index contributed by atoms with van der Waals surface area (Å²) in [5, 5.41) is 14.9. The van der Waals surface area contributed by atoms with Gasteiger partial charge in [-0.1, -0.05) is 25.1 Å². The first kappa shape index (κ1) is 19.0. The number of urea groups is 1. The lowest BCUT2D eigenvalue weighted by Crippen LogP contribution is -2.50. The molecule has 1 atom stereocenters. The second-order valence-corrected chi connectivity index (χ2v) is 6.53. The van der Waals surface area contributed by atoms with Crippen LogP contribution >= 0.6 is 0 Å². The zero-order valence-corrected chi connectivity index (χ0v) is 14.3. The highest BCUT2D eigenvalue weighted by Crippen LogP contribution is 2.14. The van der Waals surface area contributed by atoms with Crippen LogP contribution in [0.25, 0.3) is 0 Å². The van der Waals surface area contributed by atoms with E-state index in [0.29, 0.717) is 13.0 Å². The van der Waals surface area contributed by atoms with Crippen molar-refractivity contribution < 1.29 is 14.7 Å². The van der Waals surface area contributed by atoms with Crippen LogP contribution in [0.1, 0.15) is 34.1 Å².